The molecule has 1 aromatic carbocycles. The molecule has 88 valence electrons. The highest BCUT2D eigenvalue weighted by atomic mass is 16.6. The average Bonchev–Trinajstić information content (AvgIpc) is 2.35. The fourth-order valence-electron chi connectivity index (χ4n) is 1.09. The predicted molar refractivity (Wildman–Crippen MR) is 58.2 cm³/mol. The van der Waals surface area contributed by atoms with Crippen molar-refractivity contribution in [3.05, 3.63) is 29.8 Å². The fourth-order valence-corrected chi connectivity index (χ4v) is 1.09. The maximum Gasteiger partial charge on any atom is 0.360 e. The first kappa shape index (κ1) is 12.5. The van der Waals surface area contributed by atoms with Crippen molar-refractivity contribution in [2.24, 2.45) is 5.16 Å². The minimum absolute atomic E-state index is 0.128. The molecule has 0 spiro atoms. The number of phenolic OH excluding ortho intramolecular Hbond substituents is 1. The highest BCUT2D eigenvalue weighted by Gasteiger charge is 2.18. The van der Waals surface area contributed by atoms with Crippen molar-refractivity contribution < 1.29 is 19.5 Å². The Balaban J connectivity index is 3.08. The first-order valence-electron chi connectivity index (χ1n) is 4.64. The van der Waals surface area contributed by atoms with E-state index >= 15 is 0 Å². The molecule has 0 bridgehead atoms. The van der Waals surface area contributed by atoms with Gasteiger partial charge in [0.1, 0.15) is 11.8 Å². The van der Waals surface area contributed by atoms with E-state index in [1.54, 1.807) is 18.2 Å². The van der Waals surface area contributed by atoms with Crippen molar-refractivity contribution in [1.82, 2.24) is 0 Å². The molecule has 1 N–H and O–H groups in total. The van der Waals surface area contributed by atoms with Crippen LogP contribution < -0.4 is 0 Å². The minimum atomic E-state index is -0.760. The molecular formula is C11H10N2O4. The lowest BCUT2D eigenvalue weighted by atomic mass is 10.1. The first-order valence-corrected chi connectivity index (χ1v) is 4.64. The smallest absolute Gasteiger partial charge is 0.360 e. The standard InChI is InChI=1S/C11H10N2O4/c1-16-11(15)10(13-17-7-6-12)8-4-2-3-5-9(8)14/h2-5,14H,7H2,1H3. The number of rotatable bonds is 4. The van der Waals surface area contributed by atoms with E-state index in [0.717, 1.165) is 0 Å². The second-order valence-electron chi connectivity index (χ2n) is 2.88. The molecule has 0 saturated heterocycles. The van der Waals surface area contributed by atoms with Crippen molar-refractivity contribution in [1.29, 1.82) is 5.26 Å². The number of ether oxygens (including phenoxy) is 1. The van der Waals surface area contributed by atoms with Gasteiger partial charge in [-0.05, 0) is 12.1 Å². The number of hydrogen-bond donors (Lipinski definition) is 1. The molecule has 0 radical (unpaired) electrons. The Morgan fingerprint density at radius 1 is 1.53 bits per heavy atom. The number of hydrogen-bond acceptors (Lipinski definition) is 6. The Morgan fingerprint density at radius 2 is 2.24 bits per heavy atom. The zero-order valence-corrected chi connectivity index (χ0v) is 9.08. The Bertz CT molecular complexity index is 477. The van der Waals surface area contributed by atoms with Gasteiger partial charge in [0.05, 0.1) is 12.7 Å². The lowest BCUT2D eigenvalue weighted by Crippen LogP contribution is -2.18. The van der Waals surface area contributed by atoms with E-state index in [9.17, 15) is 9.90 Å². The Kier molecular flexibility index (Phi) is 4.51. The summed E-state index contributed by atoms with van der Waals surface area (Å²) in [5.74, 6) is -0.887. The van der Waals surface area contributed by atoms with Crippen LogP contribution in [-0.2, 0) is 14.4 Å². The summed E-state index contributed by atoms with van der Waals surface area (Å²) in [4.78, 5) is 16.0. The molecule has 0 aliphatic heterocycles. The second-order valence-corrected chi connectivity index (χ2v) is 2.88. The molecule has 6 nitrogen and oxygen atoms in total. The SMILES string of the molecule is COC(=O)C(=NOCC#N)c1ccccc1O. The van der Waals surface area contributed by atoms with Crippen LogP contribution in [0.1, 0.15) is 5.56 Å². The molecule has 0 amide bonds. The summed E-state index contributed by atoms with van der Waals surface area (Å²) in [6.07, 6.45) is 0. The van der Waals surface area contributed by atoms with Crippen molar-refractivity contribution in [3.63, 3.8) is 0 Å². The van der Waals surface area contributed by atoms with E-state index in [1.807, 2.05) is 0 Å². The maximum atomic E-state index is 11.4. The van der Waals surface area contributed by atoms with Crippen molar-refractivity contribution in [2.75, 3.05) is 13.7 Å². The highest BCUT2D eigenvalue weighted by Crippen LogP contribution is 2.17. The van der Waals surface area contributed by atoms with Gasteiger partial charge in [-0.15, -0.1) is 0 Å². The van der Waals surface area contributed by atoms with E-state index in [1.165, 1.54) is 19.2 Å². The molecule has 0 aliphatic carbocycles. The molecule has 6 heteroatoms. The monoisotopic (exact) mass is 234 g/mol. The summed E-state index contributed by atoms with van der Waals surface area (Å²) in [6, 6.07) is 7.81. The molecule has 0 aliphatic rings. The van der Waals surface area contributed by atoms with E-state index in [0.29, 0.717) is 0 Å². The summed E-state index contributed by atoms with van der Waals surface area (Å²) < 4.78 is 4.51. The second kappa shape index (κ2) is 6.12. The molecule has 1 aromatic rings. The quantitative estimate of drug-likeness (QED) is 0.360. The van der Waals surface area contributed by atoms with Gasteiger partial charge in [-0.25, -0.2) is 4.79 Å². The number of para-hydroxylation sites is 1. The van der Waals surface area contributed by atoms with Gasteiger partial charge in [-0.2, -0.15) is 5.26 Å². The Morgan fingerprint density at radius 3 is 2.82 bits per heavy atom. The highest BCUT2D eigenvalue weighted by molar-refractivity contribution is 6.43. The van der Waals surface area contributed by atoms with Crippen molar-refractivity contribution in [2.45, 2.75) is 0 Å². The molecule has 17 heavy (non-hydrogen) atoms. The van der Waals surface area contributed by atoms with Gasteiger partial charge >= 0.3 is 5.97 Å². The zero-order chi connectivity index (χ0) is 12.7. The third kappa shape index (κ3) is 3.21. The van der Waals surface area contributed by atoms with Crippen molar-refractivity contribution >= 4 is 11.7 Å². The maximum absolute atomic E-state index is 11.4. The molecule has 1 rings (SSSR count). The van der Waals surface area contributed by atoms with Gasteiger partial charge < -0.3 is 14.7 Å². The topological polar surface area (TPSA) is 91.9 Å². The number of nitrogens with zero attached hydrogens (tertiary/aromatic N) is 2. The number of esters is 1. The van der Waals surface area contributed by atoms with Crippen LogP contribution >= 0.6 is 0 Å². The third-order valence-corrected chi connectivity index (χ3v) is 1.82. The summed E-state index contributed by atoms with van der Waals surface area (Å²) in [7, 11) is 1.18. The summed E-state index contributed by atoms with van der Waals surface area (Å²) in [5.41, 5.74) is -0.0156. The van der Waals surface area contributed by atoms with E-state index in [-0.39, 0.29) is 23.6 Å². The van der Waals surface area contributed by atoms with Crippen LogP contribution in [0.15, 0.2) is 29.4 Å². The molecule has 0 unspecified atom stereocenters. The number of phenols is 1. The average molecular weight is 234 g/mol. The summed E-state index contributed by atoms with van der Waals surface area (Å²) in [6.45, 7) is -0.298. The number of oxime groups is 1. The van der Waals surface area contributed by atoms with Crippen LogP contribution in [-0.4, -0.2) is 30.5 Å². The number of carbonyl (C=O) groups is 1. The molecule has 0 saturated carbocycles. The van der Waals surface area contributed by atoms with Gasteiger partial charge in [0, 0.05) is 0 Å². The van der Waals surface area contributed by atoms with E-state index < -0.39 is 5.97 Å². The Labute approximate surface area is 97.7 Å². The molecule has 0 heterocycles. The molecule has 0 atom stereocenters. The van der Waals surface area contributed by atoms with Crippen LogP contribution in [0.5, 0.6) is 5.75 Å². The molecule has 0 fully saturated rings. The predicted octanol–water partition coefficient (Wildman–Crippen LogP) is 0.809. The van der Waals surface area contributed by atoms with Gasteiger partial charge in [0.2, 0.25) is 6.61 Å². The van der Waals surface area contributed by atoms with Gasteiger partial charge in [0.15, 0.2) is 5.71 Å². The van der Waals surface area contributed by atoms with Crippen LogP contribution in [0.3, 0.4) is 0 Å². The zero-order valence-electron chi connectivity index (χ0n) is 9.08. The lowest BCUT2D eigenvalue weighted by molar-refractivity contribution is -0.132. The third-order valence-electron chi connectivity index (χ3n) is 1.82. The summed E-state index contributed by atoms with van der Waals surface area (Å²) in [5, 5.41) is 21.3. The van der Waals surface area contributed by atoms with E-state index in [4.69, 9.17) is 5.26 Å². The lowest BCUT2D eigenvalue weighted by Gasteiger charge is -2.05. The van der Waals surface area contributed by atoms with E-state index in [2.05, 4.69) is 14.7 Å². The van der Waals surface area contributed by atoms with Crippen LogP contribution in [0.2, 0.25) is 0 Å². The minimum Gasteiger partial charge on any atom is -0.507 e. The number of nitriles is 1. The van der Waals surface area contributed by atoms with Crippen LogP contribution in [0.4, 0.5) is 0 Å². The van der Waals surface area contributed by atoms with Crippen molar-refractivity contribution in [3.8, 4) is 11.8 Å². The Hall–Kier alpha value is -2.55. The van der Waals surface area contributed by atoms with Gasteiger partial charge in [-0.3, -0.25) is 0 Å². The normalized spacial score (nSPS) is 10.5. The number of benzene rings is 1. The van der Waals surface area contributed by atoms with Crippen LogP contribution in [0, 0.1) is 11.3 Å². The fraction of sp³-hybridized carbons (Fsp3) is 0.182. The van der Waals surface area contributed by atoms with Gasteiger partial charge in [0.25, 0.3) is 0 Å². The van der Waals surface area contributed by atoms with Gasteiger partial charge in [-0.1, -0.05) is 17.3 Å². The first-order chi connectivity index (χ1) is 8.20. The number of methoxy groups -OCH3 is 1. The largest absolute Gasteiger partial charge is 0.507 e. The van der Waals surface area contributed by atoms with Crippen LogP contribution in [0.25, 0.3) is 0 Å². The molecule has 0 aromatic heterocycles. The number of aromatic hydroxyl groups is 1. The summed E-state index contributed by atoms with van der Waals surface area (Å²) >= 11 is 0. The number of carbonyl (C=O) groups excluding carboxylic acids is 1. The molecular weight excluding hydrogens is 224 g/mol.